The number of aromatic nitrogens is 2. The maximum Gasteiger partial charge on any atom is 0.132 e. The van der Waals surface area contributed by atoms with E-state index in [4.69, 9.17) is 5.73 Å². The van der Waals surface area contributed by atoms with Gasteiger partial charge in [0, 0.05) is 18.0 Å². The van der Waals surface area contributed by atoms with Crippen LogP contribution in [0.5, 0.6) is 0 Å². The minimum Gasteiger partial charge on any atom is -0.383 e. The predicted molar refractivity (Wildman–Crippen MR) is 74.4 cm³/mol. The summed E-state index contributed by atoms with van der Waals surface area (Å²) in [5.41, 5.74) is 8.85. The number of aryl methyl sites for hydroxylation is 2. The number of anilines is 1. The molecule has 100 valence electrons. The van der Waals surface area contributed by atoms with Crippen LogP contribution in [-0.2, 0) is 6.42 Å². The first-order chi connectivity index (χ1) is 9.11. The summed E-state index contributed by atoms with van der Waals surface area (Å²) in [6.45, 7) is 3.97. The van der Waals surface area contributed by atoms with Gasteiger partial charge in [-0.1, -0.05) is 6.92 Å². The van der Waals surface area contributed by atoms with Gasteiger partial charge >= 0.3 is 0 Å². The van der Waals surface area contributed by atoms with Crippen molar-refractivity contribution in [2.45, 2.75) is 39.2 Å². The molecule has 0 spiro atoms. The molecule has 19 heavy (non-hydrogen) atoms. The van der Waals surface area contributed by atoms with Crippen LogP contribution >= 0.6 is 0 Å². The Bertz CT molecular complexity index is 627. The number of imidazole rings is 1. The van der Waals surface area contributed by atoms with E-state index in [1.54, 1.807) is 6.07 Å². The van der Waals surface area contributed by atoms with Gasteiger partial charge in [-0.2, -0.15) is 0 Å². The summed E-state index contributed by atoms with van der Waals surface area (Å²) >= 11 is 0. The molecule has 0 amide bonds. The van der Waals surface area contributed by atoms with Crippen molar-refractivity contribution in [2.75, 3.05) is 5.73 Å². The summed E-state index contributed by atoms with van der Waals surface area (Å²) in [5, 5.41) is 0. The van der Waals surface area contributed by atoms with Gasteiger partial charge in [0.05, 0.1) is 0 Å². The fourth-order valence-corrected chi connectivity index (χ4v) is 2.57. The van der Waals surface area contributed by atoms with Crippen molar-refractivity contribution < 1.29 is 4.39 Å². The van der Waals surface area contributed by atoms with Crippen LogP contribution in [0.4, 0.5) is 10.2 Å². The van der Waals surface area contributed by atoms with Gasteiger partial charge < -0.3 is 10.3 Å². The van der Waals surface area contributed by atoms with E-state index in [2.05, 4.69) is 16.5 Å². The zero-order valence-corrected chi connectivity index (χ0v) is 11.3. The van der Waals surface area contributed by atoms with E-state index in [-0.39, 0.29) is 5.82 Å². The maximum atomic E-state index is 13.2. The Morgan fingerprint density at radius 1 is 1.42 bits per heavy atom. The van der Waals surface area contributed by atoms with E-state index >= 15 is 0 Å². The molecule has 2 aromatic rings. The van der Waals surface area contributed by atoms with Crippen LogP contribution in [0.3, 0.4) is 0 Å². The SMILES string of the molecule is CCc1nc(-c2ccc(F)cc2C)c(N)n1C1CC1. The lowest BCUT2D eigenvalue weighted by Gasteiger charge is -2.07. The number of hydrogen-bond donors (Lipinski definition) is 1. The summed E-state index contributed by atoms with van der Waals surface area (Å²) in [6.07, 6.45) is 3.21. The summed E-state index contributed by atoms with van der Waals surface area (Å²) in [6, 6.07) is 5.26. The van der Waals surface area contributed by atoms with Gasteiger partial charge in [-0.15, -0.1) is 0 Å². The highest BCUT2D eigenvalue weighted by Crippen LogP contribution is 2.41. The first-order valence-corrected chi connectivity index (χ1v) is 6.75. The van der Waals surface area contributed by atoms with Gasteiger partial charge in [-0.3, -0.25) is 0 Å². The minimum absolute atomic E-state index is 0.225. The second kappa shape index (κ2) is 4.37. The lowest BCUT2D eigenvalue weighted by Crippen LogP contribution is -2.04. The standard InChI is InChI=1S/C15H18FN3/c1-3-13-18-14(15(17)19(13)11-5-6-11)12-7-4-10(16)8-9(12)2/h4,7-8,11H,3,5-6,17H2,1-2H3. The molecule has 3 rings (SSSR count). The zero-order valence-electron chi connectivity index (χ0n) is 11.3. The first kappa shape index (κ1) is 12.2. The zero-order chi connectivity index (χ0) is 13.6. The smallest absolute Gasteiger partial charge is 0.132 e. The second-order valence-corrected chi connectivity index (χ2v) is 5.18. The number of nitrogens with two attached hydrogens (primary N) is 1. The summed E-state index contributed by atoms with van der Waals surface area (Å²) in [7, 11) is 0. The molecule has 1 aliphatic carbocycles. The van der Waals surface area contributed by atoms with Gasteiger partial charge in [0.25, 0.3) is 0 Å². The Morgan fingerprint density at radius 2 is 2.16 bits per heavy atom. The normalized spacial score (nSPS) is 14.9. The van der Waals surface area contributed by atoms with Crippen LogP contribution in [0.2, 0.25) is 0 Å². The summed E-state index contributed by atoms with van der Waals surface area (Å²) in [5.74, 6) is 1.52. The van der Waals surface area contributed by atoms with Crippen LogP contribution in [0.15, 0.2) is 18.2 Å². The summed E-state index contributed by atoms with van der Waals surface area (Å²) in [4.78, 5) is 4.67. The first-order valence-electron chi connectivity index (χ1n) is 6.75. The number of hydrogen-bond acceptors (Lipinski definition) is 2. The molecule has 0 bridgehead atoms. The lowest BCUT2D eigenvalue weighted by atomic mass is 10.1. The topological polar surface area (TPSA) is 43.8 Å². The highest BCUT2D eigenvalue weighted by Gasteiger charge is 2.29. The monoisotopic (exact) mass is 259 g/mol. The Hall–Kier alpha value is -1.84. The minimum atomic E-state index is -0.225. The van der Waals surface area contributed by atoms with Crippen molar-refractivity contribution in [2.24, 2.45) is 0 Å². The Kier molecular flexibility index (Phi) is 2.81. The Morgan fingerprint density at radius 3 is 2.74 bits per heavy atom. The van der Waals surface area contributed by atoms with Crippen LogP contribution in [0.25, 0.3) is 11.3 Å². The molecule has 0 aliphatic heterocycles. The van der Waals surface area contributed by atoms with Crippen molar-refractivity contribution in [3.05, 3.63) is 35.4 Å². The van der Waals surface area contributed by atoms with E-state index in [1.807, 2.05) is 6.92 Å². The number of nitrogen functional groups attached to an aromatic ring is 1. The maximum absolute atomic E-state index is 13.2. The van der Waals surface area contributed by atoms with Crippen LogP contribution in [0.1, 0.15) is 37.2 Å². The van der Waals surface area contributed by atoms with E-state index in [9.17, 15) is 4.39 Å². The van der Waals surface area contributed by atoms with E-state index in [0.717, 1.165) is 29.1 Å². The molecule has 2 N–H and O–H groups in total. The van der Waals surface area contributed by atoms with Crippen molar-refractivity contribution >= 4 is 5.82 Å². The molecular formula is C15H18FN3. The Balaban J connectivity index is 2.14. The number of benzene rings is 1. The Labute approximate surface area is 112 Å². The third-order valence-electron chi connectivity index (χ3n) is 3.69. The molecule has 1 aromatic heterocycles. The highest BCUT2D eigenvalue weighted by molar-refractivity contribution is 5.73. The highest BCUT2D eigenvalue weighted by atomic mass is 19.1. The van der Waals surface area contributed by atoms with Gasteiger partial charge in [0.1, 0.15) is 23.2 Å². The third-order valence-corrected chi connectivity index (χ3v) is 3.69. The van der Waals surface area contributed by atoms with E-state index < -0.39 is 0 Å². The molecule has 1 aromatic carbocycles. The molecule has 1 saturated carbocycles. The average molecular weight is 259 g/mol. The molecule has 0 saturated heterocycles. The third kappa shape index (κ3) is 2.01. The molecule has 4 heteroatoms. The van der Waals surface area contributed by atoms with Crippen LogP contribution < -0.4 is 5.73 Å². The number of nitrogens with zero attached hydrogens (tertiary/aromatic N) is 2. The van der Waals surface area contributed by atoms with Crippen molar-refractivity contribution in [3.63, 3.8) is 0 Å². The van der Waals surface area contributed by atoms with Gasteiger partial charge in [-0.05, 0) is 43.5 Å². The van der Waals surface area contributed by atoms with Gasteiger partial charge in [0.2, 0.25) is 0 Å². The number of rotatable bonds is 3. The fourth-order valence-electron chi connectivity index (χ4n) is 2.57. The average Bonchev–Trinajstić information content (AvgIpc) is 3.14. The van der Waals surface area contributed by atoms with E-state index in [1.165, 1.54) is 25.0 Å². The molecule has 0 atom stereocenters. The van der Waals surface area contributed by atoms with Crippen molar-refractivity contribution in [1.29, 1.82) is 0 Å². The molecule has 0 unspecified atom stereocenters. The lowest BCUT2D eigenvalue weighted by molar-refractivity contribution is 0.627. The quantitative estimate of drug-likeness (QED) is 0.917. The predicted octanol–water partition coefficient (Wildman–Crippen LogP) is 3.48. The molecule has 1 aliphatic rings. The summed E-state index contributed by atoms with van der Waals surface area (Å²) < 4.78 is 15.3. The largest absolute Gasteiger partial charge is 0.383 e. The second-order valence-electron chi connectivity index (χ2n) is 5.18. The van der Waals surface area contributed by atoms with Crippen LogP contribution in [-0.4, -0.2) is 9.55 Å². The number of halogens is 1. The molecule has 1 heterocycles. The van der Waals surface area contributed by atoms with Crippen LogP contribution in [0, 0.1) is 12.7 Å². The molecule has 0 radical (unpaired) electrons. The van der Waals surface area contributed by atoms with E-state index in [0.29, 0.717) is 11.9 Å². The molecule has 3 nitrogen and oxygen atoms in total. The molecular weight excluding hydrogens is 241 g/mol. The van der Waals surface area contributed by atoms with Gasteiger partial charge in [-0.25, -0.2) is 9.37 Å². The van der Waals surface area contributed by atoms with Crippen molar-refractivity contribution in [1.82, 2.24) is 9.55 Å². The fraction of sp³-hybridized carbons (Fsp3) is 0.400. The van der Waals surface area contributed by atoms with Gasteiger partial charge in [0.15, 0.2) is 0 Å². The molecule has 1 fully saturated rings. The van der Waals surface area contributed by atoms with Crippen molar-refractivity contribution in [3.8, 4) is 11.3 Å².